The topological polar surface area (TPSA) is 69.5 Å². The number of amides is 1. The van der Waals surface area contributed by atoms with Crippen molar-refractivity contribution in [3.8, 4) is 22.1 Å². The average Bonchev–Trinajstić information content (AvgIpc) is 3.41. The summed E-state index contributed by atoms with van der Waals surface area (Å²) in [5.41, 5.74) is 3.11. The Labute approximate surface area is 193 Å². The molecule has 0 fully saturated rings. The van der Waals surface area contributed by atoms with E-state index in [4.69, 9.17) is 9.72 Å². The van der Waals surface area contributed by atoms with E-state index in [1.165, 1.54) is 35.5 Å². The van der Waals surface area contributed by atoms with Crippen LogP contribution >= 0.6 is 11.3 Å². The van der Waals surface area contributed by atoms with Gasteiger partial charge in [-0.2, -0.15) is 13.9 Å². The second-order valence-corrected chi connectivity index (χ2v) is 8.41. The van der Waals surface area contributed by atoms with Gasteiger partial charge < -0.3 is 14.4 Å². The minimum absolute atomic E-state index is 0.0831. The second kappa shape index (κ2) is 9.14. The van der Waals surface area contributed by atoms with Gasteiger partial charge >= 0.3 is 6.61 Å². The molecular formula is C23H22F2N4O3S. The molecule has 0 radical (unpaired) electrons. The van der Waals surface area contributed by atoms with E-state index in [1.54, 1.807) is 30.9 Å². The molecule has 33 heavy (non-hydrogen) atoms. The van der Waals surface area contributed by atoms with E-state index in [-0.39, 0.29) is 24.0 Å². The van der Waals surface area contributed by atoms with Gasteiger partial charge in [-0.1, -0.05) is 12.1 Å². The van der Waals surface area contributed by atoms with Crippen LogP contribution in [0.1, 0.15) is 21.6 Å². The Kier molecular flexibility index (Phi) is 6.28. The van der Waals surface area contributed by atoms with E-state index < -0.39 is 6.61 Å². The van der Waals surface area contributed by atoms with Gasteiger partial charge in [0.05, 0.1) is 34.3 Å². The Morgan fingerprint density at radius 3 is 2.70 bits per heavy atom. The number of ether oxygens (including phenoxy) is 2. The highest BCUT2D eigenvalue weighted by molar-refractivity contribution is 7.13. The number of alkyl halides is 2. The fraction of sp³-hybridized carbons (Fsp3) is 0.261. The van der Waals surface area contributed by atoms with Gasteiger partial charge in [-0.05, 0) is 42.1 Å². The van der Waals surface area contributed by atoms with Crippen molar-refractivity contribution in [1.82, 2.24) is 19.7 Å². The molecule has 0 bridgehead atoms. The summed E-state index contributed by atoms with van der Waals surface area (Å²) in [6.45, 7) is -0.967. The van der Waals surface area contributed by atoms with E-state index in [0.29, 0.717) is 33.5 Å². The maximum Gasteiger partial charge on any atom is 0.387 e. The third-order valence-corrected chi connectivity index (χ3v) is 6.08. The standard InChI is InChI=1S/C23H22F2N4O3S/c1-13-20-15(11-16(19-6-5-9-33-19)26-21(20)29(3)27-13)22(30)28(2)12-14-7-8-17(31-4)18(10-14)32-23(24)25/h5-11,23H,12H2,1-4H3. The number of aromatic nitrogens is 3. The molecule has 1 aromatic carbocycles. The molecule has 0 aliphatic carbocycles. The van der Waals surface area contributed by atoms with Crippen molar-refractivity contribution < 1.29 is 23.0 Å². The van der Waals surface area contributed by atoms with E-state index in [2.05, 4.69) is 9.84 Å². The van der Waals surface area contributed by atoms with E-state index in [1.807, 2.05) is 24.4 Å². The zero-order valence-electron chi connectivity index (χ0n) is 18.5. The third-order valence-electron chi connectivity index (χ3n) is 5.18. The molecule has 4 aromatic rings. The molecule has 10 heteroatoms. The maximum atomic E-state index is 13.5. The van der Waals surface area contributed by atoms with Gasteiger partial charge in [-0.3, -0.25) is 9.48 Å². The number of hydrogen-bond acceptors (Lipinski definition) is 6. The number of fused-ring (bicyclic) bond motifs is 1. The number of carbonyl (C=O) groups is 1. The van der Waals surface area contributed by atoms with Gasteiger partial charge in [0, 0.05) is 20.6 Å². The molecule has 172 valence electrons. The van der Waals surface area contributed by atoms with E-state index in [0.717, 1.165) is 4.88 Å². The Hall–Kier alpha value is -3.53. The second-order valence-electron chi connectivity index (χ2n) is 7.46. The first kappa shape index (κ1) is 22.7. The molecule has 7 nitrogen and oxygen atoms in total. The van der Waals surface area contributed by atoms with Crippen molar-refractivity contribution in [2.75, 3.05) is 14.2 Å². The van der Waals surface area contributed by atoms with Gasteiger partial charge in [0.15, 0.2) is 17.1 Å². The zero-order chi connectivity index (χ0) is 23.7. The van der Waals surface area contributed by atoms with E-state index >= 15 is 0 Å². The number of halogens is 2. The van der Waals surface area contributed by atoms with Gasteiger partial charge in [0.25, 0.3) is 5.91 Å². The molecule has 0 aliphatic rings. The summed E-state index contributed by atoms with van der Waals surface area (Å²) >= 11 is 1.53. The minimum Gasteiger partial charge on any atom is -0.493 e. The van der Waals surface area contributed by atoms with Crippen LogP contribution < -0.4 is 9.47 Å². The summed E-state index contributed by atoms with van der Waals surface area (Å²) in [4.78, 5) is 20.7. The first-order valence-electron chi connectivity index (χ1n) is 10.0. The van der Waals surface area contributed by atoms with Crippen molar-refractivity contribution in [1.29, 1.82) is 0 Å². The number of rotatable bonds is 7. The molecule has 3 aromatic heterocycles. The van der Waals surface area contributed by atoms with Crippen LogP contribution in [0.15, 0.2) is 41.8 Å². The molecule has 0 N–H and O–H groups in total. The lowest BCUT2D eigenvalue weighted by molar-refractivity contribution is -0.0512. The number of thiophene rings is 1. The monoisotopic (exact) mass is 472 g/mol. The van der Waals surface area contributed by atoms with E-state index in [9.17, 15) is 13.6 Å². The Morgan fingerprint density at radius 1 is 1.24 bits per heavy atom. The van der Waals surface area contributed by atoms with Crippen molar-refractivity contribution in [3.05, 3.63) is 58.6 Å². The zero-order valence-corrected chi connectivity index (χ0v) is 19.3. The molecule has 0 saturated carbocycles. The van der Waals surface area contributed by atoms with Crippen LogP contribution in [-0.4, -0.2) is 46.3 Å². The summed E-state index contributed by atoms with van der Waals surface area (Å²) in [5, 5.41) is 7.08. The number of aryl methyl sites for hydroxylation is 2. The Morgan fingerprint density at radius 2 is 2.03 bits per heavy atom. The number of pyridine rings is 1. The molecule has 0 aliphatic heterocycles. The molecule has 0 spiro atoms. The van der Waals surface area contributed by atoms with Crippen molar-refractivity contribution in [2.45, 2.75) is 20.1 Å². The summed E-state index contributed by atoms with van der Waals surface area (Å²) in [5.74, 6) is -0.126. The predicted molar refractivity (Wildman–Crippen MR) is 122 cm³/mol. The van der Waals surface area contributed by atoms with Crippen molar-refractivity contribution >= 4 is 28.3 Å². The number of methoxy groups -OCH3 is 1. The normalized spacial score (nSPS) is 11.2. The summed E-state index contributed by atoms with van der Waals surface area (Å²) in [6, 6.07) is 10.3. The van der Waals surface area contributed by atoms with Gasteiger partial charge in [0.1, 0.15) is 0 Å². The first-order valence-corrected chi connectivity index (χ1v) is 10.9. The van der Waals surface area contributed by atoms with Crippen LogP contribution in [0.25, 0.3) is 21.6 Å². The summed E-state index contributed by atoms with van der Waals surface area (Å²) in [6.07, 6.45) is 0. The molecule has 0 unspecified atom stereocenters. The Balaban J connectivity index is 1.70. The van der Waals surface area contributed by atoms with Gasteiger partial charge in [0.2, 0.25) is 0 Å². The predicted octanol–water partition coefficient (Wildman–Crippen LogP) is 4.89. The van der Waals surface area contributed by atoms with Crippen LogP contribution in [0.4, 0.5) is 8.78 Å². The molecule has 4 rings (SSSR count). The number of nitrogens with zero attached hydrogens (tertiary/aromatic N) is 4. The van der Waals surface area contributed by atoms with Crippen molar-refractivity contribution in [3.63, 3.8) is 0 Å². The largest absolute Gasteiger partial charge is 0.493 e. The Bertz CT molecular complexity index is 1310. The lowest BCUT2D eigenvalue weighted by atomic mass is 10.1. The lowest BCUT2D eigenvalue weighted by Crippen LogP contribution is -2.26. The van der Waals surface area contributed by atoms with Crippen LogP contribution in [0.5, 0.6) is 11.5 Å². The molecule has 3 heterocycles. The number of hydrogen-bond donors (Lipinski definition) is 0. The lowest BCUT2D eigenvalue weighted by Gasteiger charge is -2.19. The molecule has 0 saturated heterocycles. The minimum atomic E-state index is -2.98. The third kappa shape index (κ3) is 4.51. The molecule has 0 atom stereocenters. The quantitative estimate of drug-likeness (QED) is 0.383. The maximum absolute atomic E-state index is 13.5. The number of benzene rings is 1. The van der Waals surface area contributed by atoms with Gasteiger partial charge in [-0.15, -0.1) is 11.3 Å². The molecular weight excluding hydrogens is 450 g/mol. The highest BCUT2D eigenvalue weighted by Gasteiger charge is 2.22. The summed E-state index contributed by atoms with van der Waals surface area (Å²) < 4.78 is 36.8. The van der Waals surface area contributed by atoms with Crippen LogP contribution in [0.2, 0.25) is 0 Å². The smallest absolute Gasteiger partial charge is 0.387 e. The fourth-order valence-corrected chi connectivity index (χ4v) is 4.41. The average molecular weight is 473 g/mol. The fourth-order valence-electron chi connectivity index (χ4n) is 3.72. The first-order chi connectivity index (χ1) is 15.8. The molecule has 1 amide bonds. The number of carbonyl (C=O) groups excluding carboxylic acids is 1. The van der Waals surface area contributed by atoms with Crippen LogP contribution in [0, 0.1) is 6.92 Å². The van der Waals surface area contributed by atoms with Gasteiger partial charge in [-0.25, -0.2) is 4.98 Å². The SMILES string of the molecule is COc1ccc(CN(C)C(=O)c2cc(-c3cccs3)nc3c2c(C)nn3C)cc1OC(F)F. The highest BCUT2D eigenvalue weighted by Crippen LogP contribution is 2.32. The summed E-state index contributed by atoms with van der Waals surface area (Å²) in [7, 11) is 4.82. The van der Waals surface area contributed by atoms with Crippen LogP contribution in [0.3, 0.4) is 0 Å². The highest BCUT2D eigenvalue weighted by atomic mass is 32.1. The van der Waals surface area contributed by atoms with Crippen molar-refractivity contribution in [2.24, 2.45) is 7.05 Å². The van der Waals surface area contributed by atoms with Crippen LogP contribution in [-0.2, 0) is 13.6 Å².